The highest BCUT2D eigenvalue weighted by molar-refractivity contribution is 6.42. The predicted molar refractivity (Wildman–Crippen MR) is 75.5 cm³/mol. The molecule has 2 atom stereocenters. The fourth-order valence-corrected chi connectivity index (χ4v) is 2.06. The van der Waals surface area contributed by atoms with Crippen molar-refractivity contribution in [3.05, 3.63) is 33.8 Å². The average molecular weight is 270 g/mol. The van der Waals surface area contributed by atoms with E-state index in [2.05, 4.69) is 25.1 Å². The molecule has 0 aliphatic heterocycles. The van der Waals surface area contributed by atoms with E-state index in [-0.39, 0.29) is 6.04 Å². The number of hydrogen-bond acceptors (Lipinski definition) is 1. The number of nitrogens with one attached hydrogen (secondary N) is 1. The van der Waals surface area contributed by atoms with E-state index in [0.29, 0.717) is 16.1 Å². The van der Waals surface area contributed by atoms with Crippen molar-refractivity contribution >= 4 is 23.2 Å². The Balaban J connectivity index is 2.79. The van der Waals surface area contributed by atoms with Crippen LogP contribution in [0.2, 0.25) is 10.0 Å². The lowest BCUT2D eigenvalue weighted by atomic mass is 10.0. The Bertz CT molecular complexity index is 409. The maximum absolute atomic E-state index is 6.02. The van der Waals surface area contributed by atoms with Crippen LogP contribution in [0.4, 0.5) is 0 Å². The second-order valence-corrected chi connectivity index (χ2v) is 4.92. The van der Waals surface area contributed by atoms with E-state index in [0.717, 1.165) is 18.4 Å². The van der Waals surface area contributed by atoms with Crippen molar-refractivity contribution in [1.29, 1.82) is 0 Å². The second-order valence-electron chi connectivity index (χ2n) is 4.11. The second kappa shape index (κ2) is 6.91. The first-order chi connectivity index (χ1) is 8.08. The molecule has 0 bridgehead atoms. The topological polar surface area (TPSA) is 12.0 Å². The molecule has 0 spiro atoms. The molecule has 0 heterocycles. The Morgan fingerprint density at radius 1 is 1.35 bits per heavy atom. The van der Waals surface area contributed by atoms with Gasteiger partial charge < -0.3 is 5.32 Å². The molecule has 0 amide bonds. The lowest BCUT2D eigenvalue weighted by Gasteiger charge is -2.21. The van der Waals surface area contributed by atoms with Gasteiger partial charge in [0.15, 0.2) is 0 Å². The minimum atomic E-state index is 0.258. The molecular formula is C14H17Cl2N. The van der Waals surface area contributed by atoms with Crippen molar-refractivity contribution in [1.82, 2.24) is 5.32 Å². The number of benzene rings is 1. The highest BCUT2D eigenvalue weighted by Crippen LogP contribution is 2.27. The third kappa shape index (κ3) is 4.24. The summed E-state index contributed by atoms with van der Waals surface area (Å²) in [5.41, 5.74) is 1.14. The third-order valence-corrected chi connectivity index (χ3v) is 3.40. The summed E-state index contributed by atoms with van der Waals surface area (Å²) in [7, 11) is 0. The molecule has 17 heavy (non-hydrogen) atoms. The molecule has 0 aliphatic rings. The Labute approximate surface area is 114 Å². The average Bonchev–Trinajstić information content (AvgIpc) is 2.30. The van der Waals surface area contributed by atoms with Crippen LogP contribution in [0.1, 0.15) is 38.3 Å². The van der Waals surface area contributed by atoms with Gasteiger partial charge in [-0.05, 0) is 31.0 Å². The molecule has 92 valence electrons. The van der Waals surface area contributed by atoms with Crippen LogP contribution >= 0.6 is 23.2 Å². The maximum Gasteiger partial charge on any atom is 0.0595 e. The monoisotopic (exact) mass is 269 g/mol. The normalized spacial score (nSPS) is 14.1. The SMILES string of the molecule is C#CCC(C)NC(CC)c1ccc(Cl)c(Cl)c1. The molecule has 1 N–H and O–H groups in total. The largest absolute Gasteiger partial charge is 0.307 e. The van der Waals surface area contributed by atoms with Crippen molar-refractivity contribution in [2.24, 2.45) is 0 Å². The van der Waals surface area contributed by atoms with E-state index in [9.17, 15) is 0 Å². The molecular weight excluding hydrogens is 253 g/mol. The van der Waals surface area contributed by atoms with Crippen molar-refractivity contribution in [3.8, 4) is 12.3 Å². The van der Waals surface area contributed by atoms with Gasteiger partial charge in [-0.25, -0.2) is 0 Å². The number of hydrogen-bond donors (Lipinski definition) is 1. The van der Waals surface area contributed by atoms with Crippen molar-refractivity contribution in [3.63, 3.8) is 0 Å². The van der Waals surface area contributed by atoms with Gasteiger partial charge in [-0.2, -0.15) is 0 Å². The van der Waals surface area contributed by atoms with Crippen LogP contribution < -0.4 is 5.32 Å². The van der Waals surface area contributed by atoms with Crippen molar-refractivity contribution < 1.29 is 0 Å². The summed E-state index contributed by atoms with van der Waals surface area (Å²) in [6.07, 6.45) is 7.00. The maximum atomic E-state index is 6.02. The lowest BCUT2D eigenvalue weighted by Crippen LogP contribution is -2.29. The fourth-order valence-electron chi connectivity index (χ4n) is 1.76. The molecule has 0 aliphatic carbocycles. The van der Waals surface area contributed by atoms with E-state index in [4.69, 9.17) is 29.6 Å². The zero-order chi connectivity index (χ0) is 12.8. The molecule has 0 radical (unpaired) electrons. The van der Waals surface area contributed by atoms with Gasteiger partial charge >= 0.3 is 0 Å². The summed E-state index contributed by atoms with van der Waals surface area (Å²) >= 11 is 11.9. The number of halogens is 2. The van der Waals surface area contributed by atoms with Crippen LogP contribution in [0, 0.1) is 12.3 Å². The van der Waals surface area contributed by atoms with Crippen LogP contribution in [0.3, 0.4) is 0 Å². The van der Waals surface area contributed by atoms with Gasteiger partial charge in [0.1, 0.15) is 0 Å². The first-order valence-corrected chi connectivity index (χ1v) is 6.48. The lowest BCUT2D eigenvalue weighted by molar-refractivity contribution is 0.451. The number of rotatable bonds is 5. The van der Waals surface area contributed by atoms with E-state index in [1.807, 2.05) is 18.2 Å². The molecule has 1 aromatic carbocycles. The highest BCUT2D eigenvalue weighted by Gasteiger charge is 2.13. The summed E-state index contributed by atoms with van der Waals surface area (Å²) in [5.74, 6) is 2.66. The van der Waals surface area contributed by atoms with Gasteiger partial charge in [0.25, 0.3) is 0 Å². The highest BCUT2D eigenvalue weighted by atomic mass is 35.5. The molecule has 0 aromatic heterocycles. The Hall–Kier alpha value is -0.680. The fraction of sp³-hybridized carbons (Fsp3) is 0.429. The van der Waals surface area contributed by atoms with E-state index < -0.39 is 0 Å². The van der Waals surface area contributed by atoms with E-state index in [1.54, 1.807) is 0 Å². The Kier molecular flexibility index (Phi) is 5.85. The van der Waals surface area contributed by atoms with Gasteiger partial charge in [0, 0.05) is 18.5 Å². The van der Waals surface area contributed by atoms with Gasteiger partial charge in [-0.15, -0.1) is 12.3 Å². The Morgan fingerprint density at radius 2 is 2.06 bits per heavy atom. The zero-order valence-electron chi connectivity index (χ0n) is 10.1. The summed E-state index contributed by atoms with van der Waals surface area (Å²) in [5, 5.41) is 4.66. The summed E-state index contributed by atoms with van der Waals surface area (Å²) in [6, 6.07) is 6.29. The Morgan fingerprint density at radius 3 is 2.59 bits per heavy atom. The van der Waals surface area contributed by atoms with Gasteiger partial charge in [0.2, 0.25) is 0 Å². The molecule has 1 rings (SSSR count). The van der Waals surface area contributed by atoms with Gasteiger partial charge in [-0.3, -0.25) is 0 Å². The summed E-state index contributed by atoms with van der Waals surface area (Å²) in [6.45, 7) is 4.21. The smallest absolute Gasteiger partial charge is 0.0595 e. The first-order valence-electron chi connectivity index (χ1n) is 5.73. The molecule has 1 aromatic rings. The number of terminal acetylenes is 1. The minimum absolute atomic E-state index is 0.258. The van der Waals surface area contributed by atoms with Crippen LogP contribution in [-0.4, -0.2) is 6.04 Å². The molecule has 0 fully saturated rings. The molecule has 0 saturated heterocycles. The van der Waals surface area contributed by atoms with E-state index >= 15 is 0 Å². The van der Waals surface area contributed by atoms with Crippen molar-refractivity contribution in [2.75, 3.05) is 0 Å². The molecule has 1 nitrogen and oxygen atoms in total. The third-order valence-electron chi connectivity index (χ3n) is 2.66. The van der Waals surface area contributed by atoms with Crippen molar-refractivity contribution in [2.45, 2.75) is 38.8 Å². The molecule has 0 saturated carbocycles. The van der Waals surface area contributed by atoms with Gasteiger partial charge in [-0.1, -0.05) is 36.2 Å². The van der Waals surface area contributed by atoms with Crippen LogP contribution in [0.15, 0.2) is 18.2 Å². The quantitative estimate of drug-likeness (QED) is 0.779. The minimum Gasteiger partial charge on any atom is -0.307 e. The zero-order valence-corrected chi connectivity index (χ0v) is 11.6. The van der Waals surface area contributed by atoms with E-state index in [1.165, 1.54) is 0 Å². The van der Waals surface area contributed by atoms with Crippen LogP contribution in [-0.2, 0) is 0 Å². The first kappa shape index (κ1) is 14.4. The van der Waals surface area contributed by atoms with Crippen LogP contribution in [0.5, 0.6) is 0 Å². The predicted octanol–water partition coefficient (Wildman–Crippen LogP) is 4.45. The molecule has 2 unspecified atom stereocenters. The van der Waals surface area contributed by atoms with Gasteiger partial charge in [0.05, 0.1) is 10.0 Å². The summed E-state index contributed by atoms with van der Waals surface area (Å²) < 4.78 is 0. The molecule has 3 heteroatoms. The standard InChI is InChI=1S/C14H17Cl2N/c1-4-6-10(3)17-14(5-2)11-7-8-12(15)13(16)9-11/h1,7-10,14,17H,5-6H2,2-3H3. The van der Waals surface area contributed by atoms with Crippen LogP contribution in [0.25, 0.3) is 0 Å². The summed E-state index contributed by atoms with van der Waals surface area (Å²) in [4.78, 5) is 0.